The molecule has 1 saturated carbocycles. The molecule has 0 spiro atoms. The molecular formula is C17H31NO2. The number of hydrogen-bond donors (Lipinski definition) is 2. The molecule has 3 heteroatoms. The van der Waals surface area contributed by atoms with Crippen LogP contribution in [0.2, 0.25) is 0 Å². The lowest BCUT2D eigenvalue weighted by atomic mass is 9.85. The highest BCUT2D eigenvalue weighted by Crippen LogP contribution is 2.50. The molecule has 1 fully saturated rings. The Bertz CT molecular complexity index is 327. The van der Waals surface area contributed by atoms with Gasteiger partial charge in [0.15, 0.2) is 0 Å². The van der Waals surface area contributed by atoms with Crippen LogP contribution in [0.4, 0.5) is 0 Å². The van der Waals surface area contributed by atoms with Crippen LogP contribution in [0.3, 0.4) is 0 Å². The number of allylic oxidation sites excluding steroid dienone is 2. The maximum atomic E-state index is 9.91. The van der Waals surface area contributed by atoms with Gasteiger partial charge in [-0.2, -0.15) is 0 Å². The Labute approximate surface area is 123 Å². The third-order valence-corrected chi connectivity index (χ3v) is 5.05. The van der Waals surface area contributed by atoms with Gasteiger partial charge in [0.25, 0.3) is 0 Å². The first kappa shape index (κ1) is 16.0. The van der Waals surface area contributed by atoms with Crippen molar-refractivity contribution in [3.8, 4) is 0 Å². The van der Waals surface area contributed by atoms with Crippen molar-refractivity contribution in [2.24, 2.45) is 23.2 Å². The van der Waals surface area contributed by atoms with Crippen LogP contribution < -0.4 is 5.32 Å². The summed E-state index contributed by atoms with van der Waals surface area (Å²) in [6.45, 7) is 9.79. The van der Waals surface area contributed by atoms with E-state index in [9.17, 15) is 5.11 Å². The lowest BCUT2D eigenvalue weighted by Crippen LogP contribution is -2.33. The molecule has 116 valence electrons. The molecule has 2 aliphatic rings. The largest absolute Gasteiger partial charge is 0.389 e. The maximum Gasteiger partial charge on any atom is 0.0897 e. The predicted octanol–water partition coefficient (Wildman–Crippen LogP) is 2.60. The monoisotopic (exact) mass is 281 g/mol. The van der Waals surface area contributed by atoms with Gasteiger partial charge >= 0.3 is 0 Å². The van der Waals surface area contributed by atoms with Crippen molar-refractivity contribution in [3.05, 3.63) is 12.2 Å². The molecule has 0 aliphatic heterocycles. The fraction of sp³-hybridized carbons (Fsp3) is 0.882. The van der Waals surface area contributed by atoms with E-state index in [0.29, 0.717) is 30.4 Å². The van der Waals surface area contributed by atoms with Gasteiger partial charge in [-0.3, -0.25) is 0 Å². The fourth-order valence-electron chi connectivity index (χ4n) is 3.00. The quantitative estimate of drug-likeness (QED) is 0.672. The summed E-state index contributed by atoms with van der Waals surface area (Å²) >= 11 is 0. The smallest absolute Gasteiger partial charge is 0.0897 e. The minimum atomic E-state index is -0.383. The zero-order chi connectivity index (χ0) is 14.6. The van der Waals surface area contributed by atoms with Crippen molar-refractivity contribution in [2.75, 3.05) is 26.3 Å². The fourth-order valence-corrected chi connectivity index (χ4v) is 3.00. The molecule has 2 aliphatic carbocycles. The Morgan fingerprint density at radius 2 is 2.05 bits per heavy atom. The molecule has 0 bridgehead atoms. The summed E-state index contributed by atoms with van der Waals surface area (Å²) in [4.78, 5) is 0. The number of hydrogen-bond acceptors (Lipinski definition) is 3. The first-order valence-corrected chi connectivity index (χ1v) is 8.10. The van der Waals surface area contributed by atoms with E-state index in [1.165, 1.54) is 6.42 Å². The highest BCUT2D eigenvalue weighted by molar-refractivity contribution is 4.96. The summed E-state index contributed by atoms with van der Waals surface area (Å²) in [5, 5.41) is 13.3. The minimum absolute atomic E-state index is 0.383. The first-order valence-electron chi connectivity index (χ1n) is 8.10. The molecule has 0 heterocycles. The van der Waals surface area contributed by atoms with E-state index in [2.05, 4.69) is 38.2 Å². The Morgan fingerprint density at radius 1 is 1.35 bits per heavy atom. The number of aliphatic hydroxyl groups excluding tert-OH is 1. The summed E-state index contributed by atoms with van der Waals surface area (Å²) in [5.74, 6) is 2.10. The van der Waals surface area contributed by atoms with Gasteiger partial charge in [0.2, 0.25) is 0 Å². The lowest BCUT2D eigenvalue weighted by Gasteiger charge is -2.25. The van der Waals surface area contributed by atoms with Crippen LogP contribution in [0, 0.1) is 23.2 Å². The average molecular weight is 281 g/mol. The van der Waals surface area contributed by atoms with Gasteiger partial charge in [0.1, 0.15) is 0 Å². The normalized spacial score (nSPS) is 33.1. The number of aliphatic hydroxyl groups is 1. The van der Waals surface area contributed by atoms with Crippen molar-refractivity contribution < 1.29 is 9.84 Å². The molecular weight excluding hydrogens is 250 g/mol. The Kier molecular flexibility index (Phi) is 5.65. The van der Waals surface area contributed by atoms with E-state index < -0.39 is 0 Å². The van der Waals surface area contributed by atoms with Gasteiger partial charge in [0, 0.05) is 6.54 Å². The molecule has 4 unspecified atom stereocenters. The van der Waals surface area contributed by atoms with Crippen LogP contribution in [0.1, 0.15) is 40.0 Å². The van der Waals surface area contributed by atoms with Crippen LogP contribution in [0.5, 0.6) is 0 Å². The second kappa shape index (κ2) is 7.06. The van der Waals surface area contributed by atoms with E-state index in [0.717, 1.165) is 31.9 Å². The summed E-state index contributed by atoms with van der Waals surface area (Å²) in [6, 6.07) is 0. The van der Waals surface area contributed by atoms with Gasteiger partial charge in [-0.1, -0.05) is 32.9 Å². The van der Waals surface area contributed by atoms with Crippen LogP contribution in [-0.2, 0) is 4.74 Å². The Hall–Kier alpha value is -0.380. The minimum Gasteiger partial charge on any atom is -0.389 e. The zero-order valence-corrected chi connectivity index (χ0v) is 13.3. The highest BCUT2D eigenvalue weighted by Gasteiger charge is 2.44. The van der Waals surface area contributed by atoms with E-state index in [4.69, 9.17) is 4.74 Å². The molecule has 0 aromatic heterocycles. The van der Waals surface area contributed by atoms with Crippen LogP contribution in [0.15, 0.2) is 12.2 Å². The third kappa shape index (κ3) is 4.87. The first-order chi connectivity index (χ1) is 9.49. The van der Waals surface area contributed by atoms with Gasteiger partial charge in [-0.05, 0) is 49.0 Å². The second-order valence-electron chi connectivity index (χ2n) is 7.42. The molecule has 0 saturated heterocycles. The van der Waals surface area contributed by atoms with Crippen LogP contribution in [0.25, 0.3) is 0 Å². The topological polar surface area (TPSA) is 41.5 Å². The van der Waals surface area contributed by atoms with Crippen LogP contribution >= 0.6 is 0 Å². The molecule has 20 heavy (non-hydrogen) atoms. The second-order valence-corrected chi connectivity index (χ2v) is 7.42. The van der Waals surface area contributed by atoms with Crippen molar-refractivity contribution in [1.82, 2.24) is 5.32 Å². The van der Waals surface area contributed by atoms with Gasteiger partial charge < -0.3 is 15.2 Å². The molecule has 2 rings (SSSR count). The maximum absolute atomic E-state index is 9.91. The zero-order valence-electron chi connectivity index (χ0n) is 13.3. The molecule has 4 atom stereocenters. The SMILES string of the molecule is CC1CC=CCC1COCC(O)CNCC1CC1(C)C. The van der Waals surface area contributed by atoms with E-state index in [1.54, 1.807) is 0 Å². The van der Waals surface area contributed by atoms with E-state index in [-0.39, 0.29) is 6.10 Å². The van der Waals surface area contributed by atoms with Gasteiger partial charge in [0.05, 0.1) is 19.3 Å². The van der Waals surface area contributed by atoms with Gasteiger partial charge in [-0.15, -0.1) is 0 Å². The number of ether oxygens (including phenoxy) is 1. The Balaban J connectivity index is 1.50. The summed E-state index contributed by atoms with van der Waals surface area (Å²) < 4.78 is 5.70. The van der Waals surface area contributed by atoms with Gasteiger partial charge in [-0.25, -0.2) is 0 Å². The molecule has 0 radical (unpaired) electrons. The molecule has 3 nitrogen and oxygen atoms in total. The van der Waals surface area contributed by atoms with Crippen LogP contribution in [-0.4, -0.2) is 37.5 Å². The van der Waals surface area contributed by atoms with Crippen molar-refractivity contribution in [3.63, 3.8) is 0 Å². The Morgan fingerprint density at radius 3 is 2.70 bits per heavy atom. The van der Waals surface area contributed by atoms with Crippen molar-refractivity contribution in [1.29, 1.82) is 0 Å². The van der Waals surface area contributed by atoms with Crippen molar-refractivity contribution >= 4 is 0 Å². The predicted molar refractivity (Wildman–Crippen MR) is 82.6 cm³/mol. The molecule has 0 aromatic carbocycles. The summed E-state index contributed by atoms with van der Waals surface area (Å²) in [5.41, 5.74) is 0.513. The average Bonchev–Trinajstić information content (AvgIpc) is 2.99. The number of rotatable bonds is 8. The number of nitrogens with one attached hydrogen (secondary N) is 1. The molecule has 0 amide bonds. The summed E-state index contributed by atoms with van der Waals surface area (Å²) in [6.07, 6.45) is 7.72. The summed E-state index contributed by atoms with van der Waals surface area (Å²) in [7, 11) is 0. The standard InChI is InChI=1S/C17H31NO2/c1-13-6-4-5-7-14(13)11-20-12-16(19)10-18-9-15-8-17(15,2)3/h4-5,13-16,18-19H,6-12H2,1-3H3. The third-order valence-electron chi connectivity index (χ3n) is 5.05. The molecule has 0 aromatic rings. The molecule has 2 N–H and O–H groups in total. The lowest BCUT2D eigenvalue weighted by molar-refractivity contribution is 0.0128. The van der Waals surface area contributed by atoms with Crippen molar-refractivity contribution in [2.45, 2.75) is 46.1 Å². The van der Waals surface area contributed by atoms with E-state index in [1.807, 2.05) is 0 Å². The highest BCUT2D eigenvalue weighted by atomic mass is 16.5. The van der Waals surface area contributed by atoms with E-state index >= 15 is 0 Å².